The quantitative estimate of drug-likeness (QED) is 0.738. The van der Waals surface area contributed by atoms with Gasteiger partial charge in [0.1, 0.15) is 34.3 Å². The van der Waals surface area contributed by atoms with Crippen molar-refractivity contribution in [2.45, 2.75) is 6.92 Å². The lowest BCUT2D eigenvalue weighted by Gasteiger charge is -2.11. The van der Waals surface area contributed by atoms with E-state index >= 15 is 0 Å². The van der Waals surface area contributed by atoms with Gasteiger partial charge in [-0.15, -0.1) is 0 Å². The number of carbonyl (C=O) groups excluding carboxylic acids is 1. The molecule has 2 aromatic rings. The van der Waals surface area contributed by atoms with Crippen LogP contribution in [-0.2, 0) is 0 Å². The highest BCUT2D eigenvalue weighted by Gasteiger charge is 2.16. The first kappa shape index (κ1) is 15.3. The van der Waals surface area contributed by atoms with E-state index in [0.717, 1.165) is 12.1 Å². The first-order valence-corrected chi connectivity index (χ1v) is 6.48. The zero-order chi connectivity index (χ0) is 15.7. The molecule has 2 aromatic carbocycles. The average molecular weight is 329 g/mol. The van der Waals surface area contributed by atoms with Crippen molar-refractivity contribution in [1.82, 2.24) is 0 Å². The monoisotopic (exact) mass is 328 g/mol. The third-order valence-electron chi connectivity index (χ3n) is 2.65. The fraction of sp³-hybridized carbons (Fsp3) is 0.0714. The Bertz CT molecular complexity index is 705. The van der Waals surface area contributed by atoms with Gasteiger partial charge in [-0.05, 0) is 13.0 Å². The number of phenols is 3. The van der Waals surface area contributed by atoms with Crippen molar-refractivity contribution in [2.24, 2.45) is 0 Å². The number of hydrogen-bond acceptors (Lipinski definition) is 5. The van der Waals surface area contributed by atoms with Crippen LogP contribution >= 0.6 is 23.2 Å². The normalized spacial score (nSPS) is 10.4. The van der Waals surface area contributed by atoms with Crippen LogP contribution in [0.3, 0.4) is 0 Å². The molecule has 0 saturated heterocycles. The van der Waals surface area contributed by atoms with Gasteiger partial charge in [0.2, 0.25) is 0 Å². The Hall–Kier alpha value is -2.11. The molecule has 3 N–H and O–H groups in total. The van der Waals surface area contributed by atoms with Crippen molar-refractivity contribution in [1.29, 1.82) is 0 Å². The van der Waals surface area contributed by atoms with Gasteiger partial charge in [0.25, 0.3) is 0 Å². The van der Waals surface area contributed by atoms with E-state index in [1.54, 1.807) is 0 Å². The Morgan fingerprint density at radius 1 is 0.952 bits per heavy atom. The van der Waals surface area contributed by atoms with E-state index < -0.39 is 17.3 Å². The Kier molecular flexibility index (Phi) is 4.16. The van der Waals surface area contributed by atoms with Crippen molar-refractivity contribution in [2.75, 3.05) is 0 Å². The number of Topliss-reactive ketones (excluding diaryl/α,β-unsaturated/α-hetero) is 1. The summed E-state index contributed by atoms with van der Waals surface area (Å²) in [6, 6.07) is 4.78. The van der Waals surface area contributed by atoms with Gasteiger partial charge < -0.3 is 20.1 Å². The van der Waals surface area contributed by atoms with Gasteiger partial charge in [-0.2, -0.15) is 0 Å². The summed E-state index contributed by atoms with van der Waals surface area (Å²) in [6.07, 6.45) is 0. The van der Waals surface area contributed by atoms with Crippen LogP contribution in [0, 0.1) is 0 Å². The second-order valence-corrected chi connectivity index (χ2v) is 5.04. The Balaban J connectivity index is 2.41. The van der Waals surface area contributed by atoms with Crippen molar-refractivity contribution >= 4 is 29.0 Å². The highest BCUT2D eigenvalue weighted by molar-refractivity contribution is 6.36. The lowest BCUT2D eigenvalue weighted by atomic mass is 10.1. The Labute approximate surface area is 129 Å². The number of rotatable bonds is 3. The van der Waals surface area contributed by atoms with Crippen LogP contribution in [-0.4, -0.2) is 21.1 Å². The average Bonchev–Trinajstić information content (AvgIpc) is 2.34. The molecule has 0 unspecified atom stereocenters. The summed E-state index contributed by atoms with van der Waals surface area (Å²) >= 11 is 11.6. The fourth-order valence-corrected chi connectivity index (χ4v) is 2.15. The molecule has 0 fully saturated rings. The van der Waals surface area contributed by atoms with E-state index in [-0.39, 0.29) is 32.9 Å². The molecule has 21 heavy (non-hydrogen) atoms. The van der Waals surface area contributed by atoms with E-state index in [1.165, 1.54) is 19.1 Å². The van der Waals surface area contributed by atoms with Crippen LogP contribution in [0.1, 0.15) is 17.3 Å². The molecule has 0 radical (unpaired) electrons. The van der Waals surface area contributed by atoms with Crippen LogP contribution in [0.15, 0.2) is 24.3 Å². The lowest BCUT2D eigenvalue weighted by molar-refractivity contribution is 0.101. The molecule has 2 rings (SSSR count). The highest BCUT2D eigenvalue weighted by Crippen LogP contribution is 2.40. The number of ether oxygens (including phenoxy) is 1. The molecule has 0 aliphatic heterocycles. The molecule has 5 nitrogen and oxygen atoms in total. The van der Waals surface area contributed by atoms with Crippen LogP contribution in [0.25, 0.3) is 0 Å². The zero-order valence-electron chi connectivity index (χ0n) is 10.7. The third-order valence-corrected chi connectivity index (χ3v) is 3.25. The van der Waals surface area contributed by atoms with Gasteiger partial charge in [-0.1, -0.05) is 23.2 Å². The number of benzene rings is 2. The molecule has 0 atom stereocenters. The summed E-state index contributed by atoms with van der Waals surface area (Å²) in [5, 5.41) is 29.2. The summed E-state index contributed by atoms with van der Waals surface area (Å²) in [5.74, 6) is -1.45. The molecule has 0 aromatic heterocycles. The Morgan fingerprint density at radius 3 is 2.05 bits per heavy atom. The third kappa shape index (κ3) is 3.15. The maximum atomic E-state index is 11.3. The molecule has 110 valence electrons. The zero-order valence-corrected chi connectivity index (χ0v) is 12.2. The molecule has 0 amide bonds. The van der Waals surface area contributed by atoms with Gasteiger partial charge in [0, 0.05) is 18.2 Å². The molecular formula is C14H10Cl2O5. The van der Waals surface area contributed by atoms with E-state index in [0.29, 0.717) is 0 Å². The second kappa shape index (κ2) is 5.71. The van der Waals surface area contributed by atoms with E-state index in [1.807, 2.05) is 0 Å². The number of halogens is 2. The van der Waals surface area contributed by atoms with Crippen LogP contribution in [0.4, 0.5) is 0 Å². The number of carbonyl (C=O) groups is 1. The first-order valence-electron chi connectivity index (χ1n) is 5.72. The summed E-state index contributed by atoms with van der Waals surface area (Å²) in [7, 11) is 0. The fourth-order valence-electron chi connectivity index (χ4n) is 1.73. The molecule has 0 aliphatic carbocycles. The standard InChI is InChI=1S/C14H10Cl2O5/c1-6(17)14-11(19)2-7(3-12(14)20)21-13-5-10(18)8(15)4-9(13)16/h2-5,18-20H,1H3. The van der Waals surface area contributed by atoms with Crippen molar-refractivity contribution in [3.63, 3.8) is 0 Å². The lowest BCUT2D eigenvalue weighted by Crippen LogP contribution is -1.95. The van der Waals surface area contributed by atoms with Crippen molar-refractivity contribution < 1.29 is 24.9 Å². The predicted octanol–water partition coefficient (Wildman–Crippen LogP) is 4.11. The first-order chi connectivity index (χ1) is 9.79. The molecule has 0 aliphatic rings. The number of hydrogen-bond donors (Lipinski definition) is 3. The number of aromatic hydroxyl groups is 3. The van der Waals surface area contributed by atoms with E-state index in [9.17, 15) is 20.1 Å². The van der Waals surface area contributed by atoms with E-state index in [2.05, 4.69) is 0 Å². The van der Waals surface area contributed by atoms with E-state index in [4.69, 9.17) is 27.9 Å². The smallest absolute Gasteiger partial charge is 0.167 e. The topological polar surface area (TPSA) is 87.0 Å². The largest absolute Gasteiger partial charge is 0.507 e. The molecule has 0 spiro atoms. The second-order valence-electron chi connectivity index (χ2n) is 4.23. The maximum absolute atomic E-state index is 11.3. The minimum absolute atomic E-state index is 0.0404. The minimum Gasteiger partial charge on any atom is -0.507 e. The predicted molar refractivity (Wildman–Crippen MR) is 78.0 cm³/mol. The summed E-state index contributed by atoms with van der Waals surface area (Å²) in [6.45, 7) is 1.21. The van der Waals surface area contributed by atoms with Crippen LogP contribution in [0.5, 0.6) is 28.7 Å². The summed E-state index contributed by atoms with van der Waals surface area (Å²) < 4.78 is 5.36. The van der Waals surface area contributed by atoms with Crippen molar-refractivity contribution in [3.8, 4) is 28.7 Å². The number of phenolic OH excluding ortho intramolecular Hbond substituents is 3. The molecule has 0 bridgehead atoms. The highest BCUT2D eigenvalue weighted by atomic mass is 35.5. The molecule has 0 heterocycles. The van der Waals surface area contributed by atoms with Crippen LogP contribution in [0.2, 0.25) is 10.0 Å². The summed E-state index contributed by atoms with van der Waals surface area (Å²) in [4.78, 5) is 11.3. The van der Waals surface area contributed by atoms with Gasteiger partial charge in [0.15, 0.2) is 5.78 Å². The maximum Gasteiger partial charge on any atom is 0.167 e. The Morgan fingerprint density at radius 2 is 1.52 bits per heavy atom. The van der Waals surface area contributed by atoms with Gasteiger partial charge in [0.05, 0.1) is 10.0 Å². The van der Waals surface area contributed by atoms with Gasteiger partial charge in [-0.25, -0.2) is 0 Å². The van der Waals surface area contributed by atoms with Gasteiger partial charge in [-0.3, -0.25) is 4.79 Å². The molecular weight excluding hydrogens is 319 g/mol. The molecule has 0 saturated carbocycles. The van der Waals surface area contributed by atoms with Crippen LogP contribution < -0.4 is 4.74 Å². The summed E-state index contributed by atoms with van der Waals surface area (Å²) in [5.41, 5.74) is -0.201. The SMILES string of the molecule is CC(=O)c1c(O)cc(Oc2cc(O)c(Cl)cc2Cl)cc1O. The van der Waals surface area contributed by atoms with Gasteiger partial charge >= 0.3 is 0 Å². The van der Waals surface area contributed by atoms with Crippen molar-refractivity contribution in [3.05, 3.63) is 39.9 Å². The minimum atomic E-state index is -0.487. The number of ketones is 1. The molecule has 7 heteroatoms.